The average molecular weight is 308 g/mol. The molecule has 0 bridgehead atoms. The van der Waals surface area contributed by atoms with Gasteiger partial charge in [-0.15, -0.1) is 0 Å². The predicted molar refractivity (Wildman–Crippen MR) is 81.0 cm³/mol. The molecule has 0 fully saturated rings. The van der Waals surface area contributed by atoms with Crippen molar-refractivity contribution < 1.29 is 12.8 Å². The number of rotatable bonds is 4. The van der Waals surface area contributed by atoms with E-state index in [1.165, 1.54) is 24.3 Å². The maximum atomic E-state index is 13.1. The first kappa shape index (κ1) is 15.5. The van der Waals surface area contributed by atoms with Crippen molar-refractivity contribution in [3.63, 3.8) is 0 Å². The minimum absolute atomic E-state index is 0.0624. The average Bonchev–Trinajstić information content (AvgIpc) is 2.39. The molecule has 0 aliphatic carbocycles. The normalized spacial score (nSPS) is 11.4. The van der Waals surface area contributed by atoms with E-state index in [4.69, 9.17) is 5.14 Å². The molecule has 0 spiro atoms. The Bertz CT molecular complexity index is 773. The second-order valence-electron chi connectivity index (χ2n) is 4.94. The van der Waals surface area contributed by atoms with E-state index in [-0.39, 0.29) is 10.7 Å². The number of primary sulfonamides is 1. The lowest BCUT2D eigenvalue weighted by atomic mass is 10.1. The fourth-order valence-corrected chi connectivity index (χ4v) is 2.64. The van der Waals surface area contributed by atoms with Crippen LogP contribution in [0.5, 0.6) is 0 Å². The molecule has 0 atom stereocenters. The quantitative estimate of drug-likeness (QED) is 0.912. The van der Waals surface area contributed by atoms with Crippen molar-refractivity contribution in [1.29, 1.82) is 0 Å². The van der Waals surface area contributed by atoms with Crippen molar-refractivity contribution in [1.82, 2.24) is 0 Å². The molecule has 0 aromatic heterocycles. The van der Waals surface area contributed by atoms with E-state index in [0.29, 0.717) is 12.2 Å². The summed E-state index contributed by atoms with van der Waals surface area (Å²) >= 11 is 0. The molecule has 21 heavy (non-hydrogen) atoms. The number of anilines is 1. The highest BCUT2D eigenvalue weighted by molar-refractivity contribution is 7.89. The van der Waals surface area contributed by atoms with Crippen LogP contribution in [0.4, 0.5) is 10.1 Å². The van der Waals surface area contributed by atoms with Gasteiger partial charge in [-0.3, -0.25) is 0 Å². The standard InChI is InChI=1S/C15H17FN2O2S/c1-10-6-14(21(17,19)20)8-15(11(10)2)18-9-12-4-3-5-13(16)7-12/h3-8,18H,9H2,1-2H3,(H2,17,19,20). The summed E-state index contributed by atoms with van der Waals surface area (Å²) in [6, 6.07) is 9.27. The van der Waals surface area contributed by atoms with Gasteiger partial charge in [0.25, 0.3) is 0 Å². The molecule has 4 nitrogen and oxygen atoms in total. The molecule has 112 valence electrons. The SMILES string of the molecule is Cc1cc(S(N)(=O)=O)cc(NCc2cccc(F)c2)c1C. The lowest BCUT2D eigenvalue weighted by Gasteiger charge is -2.13. The fourth-order valence-electron chi connectivity index (χ4n) is 2.02. The molecule has 2 rings (SSSR count). The van der Waals surface area contributed by atoms with Crippen LogP contribution in [0.3, 0.4) is 0 Å². The maximum Gasteiger partial charge on any atom is 0.238 e. The Morgan fingerprint density at radius 2 is 1.90 bits per heavy atom. The van der Waals surface area contributed by atoms with Crippen molar-refractivity contribution >= 4 is 15.7 Å². The van der Waals surface area contributed by atoms with E-state index in [2.05, 4.69) is 5.32 Å². The van der Waals surface area contributed by atoms with Gasteiger partial charge in [-0.2, -0.15) is 0 Å². The van der Waals surface area contributed by atoms with E-state index in [0.717, 1.165) is 16.7 Å². The van der Waals surface area contributed by atoms with Crippen LogP contribution in [-0.2, 0) is 16.6 Å². The van der Waals surface area contributed by atoms with Gasteiger partial charge in [0.15, 0.2) is 0 Å². The summed E-state index contributed by atoms with van der Waals surface area (Å²) in [5.74, 6) is -0.305. The van der Waals surface area contributed by atoms with Gasteiger partial charge >= 0.3 is 0 Å². The first-order chi connectivity index (χ1) is 9.77. The highest BCUT2D eigenvalue weighted by atomic mass is 32.2. The van der Waals surface area contributed by atoms with E-state index < -0.39 is 10.0 Å². The minimum Gasteiger partial charge on any atom is -0.381 e. The monoisotopic (exact) mass is 308 g/mol. The zero-order valence-corrected chi connectivity index (χ0v) is 12.7. The lowest BCUT2D eigenvalue weighted by molar-refractivity contribution is 0.597. The molecule has 3 N–H and O–H groups in total. The number of benzene rings is 2. The van der Waals surface area contributed by atoms with Crippen LogP contribution in [0.2, 0.25) is 0 Å². The molecule has 0 aliphatic heterocycles. The molecule has 0 saturated carbocycles. The summed E-state index contributed by atoms with van der Waals surface area (Å²) in [5, 5.41) is 8.29. The van der Waals surface area contributed by atoms with Gasteiger partial charge in [0.1, 0.15) is 5.82 Å². The Labute approximate surface area is 123 Å². The van der Waals surface area contributed by atoms with E-state index in [1.54, 1.807) is 12.1 Å². The Hall–Kier alpha value is -1.92. The summed E-state index contributed by atoms with van der Waals surface area (Å²) < 4.78 is 36.1. The Kier molecular flexibility index (Phi) is 4.29. The number of halogens is 1. The van der Waals surface area contributed by atoms with Crippen molar-refractivity contribution in [3.05, 3.63) is 58.9 Å². The van der Waals surface area contributed by atoms with Crippen LogP contribution >= 0.6 is 0 Å². The fraction of sp³-hybridized carbons (Fsp3) is 0.200. The third-order valence-electron chi connectivity index (χ3n) is 3.34. The maximum absolute atomic E-state index is 13.1. The largest absolute Gasteiger partial charge is 0.381 e. The number of nitrogens with two attached hydrogens (primary N) is 1. The third-order valence-corrected chi connectivity index (χ3v) is 4.23. The van der Waals surface area contributed by atoms with Crippen LogP contribution in [0.25, 0.3) is 0 Å². The van der Waals surface area contributed by atoms with Gasteiger partial charge in [0, 0.05) is 12.2 Å². The van der Waals surface area contributed by atoms with Crippen molar-refractivity contribution in [3.8, 4) is 0 Å². The smallest absolute Gasteiger partial charge is 0.238 e. The first-order valence-electron chi connectivity index (χ1n) is 6.40. The number of sulfonamides is 1. The first-order valence-corrected chi connectivity index (χ1v) is 7.94. The predicted octanol–water partition coefficient (Wildman–Crippen LogP) is 2.70. The van der Waals surface area contributed by atoms with E-state index in [1.807, 2.05) is 13.8 Å². The van der Waals surface area contributed by atoms with Gasteiger partial charge < -0.3 is 5.32 Å². The van der Waals surface area contributed by atoms with Gasteiger partial charge in [-0.1, -0.05) is 12.1 Å². The molecule has 0 amide bonds. The molecule has 2 aromatic carbocycles. The Morgan fingerprint density at radius 3 is 2.52 bits per heavy atom. The molecular weight excluding hydrogens is 291 g/mol. The van der Waals surface area contributed by atoms with Crippen molar-refractivity contribution in [2.45, 2.75) is 25.3 Å². The topological polar surface area (TPSA) is 72.2 Å². The molecule has 0 heterocycles. The highest BCUT2D eigenvalue weighted by Gasteiger charge is 2.12. The van der Waals surface area contributed by atoms with Gasteiger partial charge in [0.2, 0.25) is 10.0 Å². The van der Waals surface area contributed by atoms with Crippen LogP contribution in [0.15, 0.2) is 41.3 Å². The van der Waals surface area contributed by atoms with Crippen LogP contribution in [0.1, 0.15) is 16.7 Å². The molecule has 6 heteroatoms. The summed E-state index contributed by atoms with van der Waals surface area (Å²) in [5.41, 5.74) is 3.19. The molecular formula is C15H17FN2O2S. The zero-order chi connectivity index (χ0) is 15.6. The molecule has 0 radical (unpaired) electrons. The van der Waals surface area contributed by atoms with E-state index in [9.17, 15) is 12.8 Å². The summed E-state index contributed by atoms with van der Waals surface area (Å²) in [4.78, 5) is 0.0624. The van der Waals surface area contributed by atoms with Crippen molar-refractivity contribution in [2.75, 3.05) is 5.32 Å². The van der Waals surface area contributed by atoms with Crippen LogP contribution < -0.4 is 10.5 Å². The van der Waals surface area contributed by atoms with Gasteiger partial charge in [-0.25, -0.2) is 17.9 Å². The van der Waals surface area contributed by atoms with Gasteiger partial charge in [0.05, 0.1) is 4.90 Å². The Balaban J connectivity index is 2.29. The van der Waals surface area contributed by atoms with Crippen molar-refractivity contribution in [2.24, 2.45) is 5.14 Å². The number of nitrogens with one attached hydrogen (secondary N) is 1. The van der Waals surface area contributed by atoms with Crippen LogP contribution in [0, 0.1) is 19.7 Å². The summed E-state index contributed by atoms with van der Waals surface area (Å²) in [6.07, 6.45) is 0. The number of aryl methyl sites for hydroxylation is 1. The third kappa shape index (κ3) is 3.80. The lowest BCUT2D eigenvalue weighted by Crippen LogP contribution is -2.13. The Morgan fingerprint density at radius 1 is 1.19 bits per heavy atom. The molecule has 0 saturated heterocycles. The van der Waals surface area contributed by atoms with Crippen LogP contribution in [-0.4, -0.2) is 8.42 Å². The number of hydrogen-bond donors (Lipinski definition) is 2. The van der Waals surface area contributed by atoms with E-state index >= 15 is 0 Å². The second kappa shape index (κ2) is 5.83. The zero-order valence-electron chi connectivity index (χ0n) is 11.9. The second-order valence-corrected chi connectivity index (χ2v) is 6.50. The summed E-state index contributed by atoms with van der Waals surface area (Å²) in [6.45, 7) is 4.10. The highest BCUT2D eigenvalue weighted by Crippen LogP contribution is 2.24. The molecule has 0 aliphatic rings. The molecule has 2 aromatic rings. The van der Waals surface area contributed by atoms with Gasteiger partial charge in [-0.05, 0) is 54.8 Å². The number of hydrogen-bond acceptors (Lipinski definition) is 3. The molecule has 0 unspecified atom stereocenters. The summed E-state index contributed by atoms with van der Waals surface area (Å²) in [7, 11) is -3.75. The minimum atomic E-state index is -3.75.